The lowest BCUT2D eigenvalue weighted by Gasteiger charge is -2.16. The van der Waals surface area contributed by atoms with E-state index in [0.717, 1.165) is 17.6 Å². The van der Waals surface area contributed by atoms with E-state index in [0.29, 0.717) is 0 Å². The fourth-order valence-electron chi connectivity index (χ4n) is 0.873. The van der Waals surface area contributed by atoms with E-state index in [1.54, 1.807) is 0 Å². The Morgan fingerprint density at radius 3 is 2.11 bits per heavy atom. The molecule has 55 valence electrons. The topological polar surface area (TPSA) is 0 Å². The first kappa shape index (κ1) is 9.35. The van der Waals surface area contributed by atoms with Crippen molar-refractivity contribution in [2.24, 2.45) is 11.8 Å². The highest BCUT2D eigenvalue weighted by Gasteiger charge is 2.07. The van der Waals surface area contributed by atoms with Gasteiger partial charge in [-0.3, -0.25) is 0 Å². The van der Waals surface area contributed by atoms with E-state index in [1.807, 2.05) is 0 Å². The largest absolute Gasteiger partial charge is 0.0941 e. The quantitative estimate of drug-likeness (QED) is 0.569. The van der Waals surface area contributed by atoms with Crippen molar-refractivity contribution in [3.63, 3.8) is 0 Å². The Hall–Kier alpha value is 0.350. The molecule has 0 aliphatic carbocycles. The molecule has 2 unspecified atom stereocenters. The van der Waals surface area contributed by atoms with Gasteiger partial charge in [0.25, 0.3) is 0 Å². The van der Waals surface area contributed by atoms with Gasteiger partial charge in [0.1, 0.15) is 0 Å². The van der Waals surface area contributed by atoms with Crippen LogP contribution in [0.25, 0.3) is 0 Å². The monoisotopic (exact) mass is 145 g/mol. The van der Waals surface area contributed by atoms with Gasteiger partial charge in [0.05, 0.1) is 0 Å². The van der Waals surface area contributed by atoms with Crippen LogP contribution in [0.1, 0.15) is 33.6 Å². The van der Waals surface area contributed by atoms with Crippen LogP contribution < -0.4 is 0 Å². The first-order chi connectivity index (χ1) is 4.22. The Labute approximate surface area is 64.4 Å². The van der Waals surface area contributed by atoms with Crippen molar-refractivity contribution in [3.05, 3.63) is 0 Å². The van der Waals surface area contributed by atoms with Crippen molar-refractivity contribution >= 4 is 12.6 Å². The lowest BCUT2D eigenvalue weighted by atomic mass is 9.92. The summed E-state index contributed by atoms with van der Waals surface area (Å²) in [5, 5.41) is 0. The first-order valence-corrected chi connectivity index (χ1v) is 4.38. The summed E-state index contributed by atoms with van der Waals surface area (Å²) in [6.07, 6.45) is 2.50. The molecular formula is C8H17S. The van der Waals surface area contributed by atoms with Crippen molar-refractivity contribution in [1.82, 2.24) is 0 Å². The highest BCUT2D eigenvalue weighted by atomic mass is 32.1. The van der Waals surface area contributed by atoms with Gasteiger partial charge >= 0.3 is 0 Å². The number of rotatable bonds is 4. The van der Waals surface area contributed by atoms with Crippen LogP contribution in [-0.2, 0) is 0 Å². The molecule has 1 heteroatoms. The van der Waals surface area contributed by atoms with Crippen LogP contribution in [-0.4, -0.2) is 5.75 Å². The van der Waals surface area contributed by atoms with E-state index in [2.05, 4.69) is 20.8 Å². The molecule has 9 heavy (non-hydrogen) atoms. The molecule has 0 amide bonds. The number of hydrogen-bond donors (Lipinski definition) is 0. The van der Waals surface area contributed by atoms with Crippen LogP contribution in [0.2, 0.25) is 0 Å². The van der Waals surface area contributed by atoms with Gasteiger partial charge in [-0.1, -0.05) is 39.8 Å². The van der Waals surface area contributed by atoms with Crippen LogP contribution >= 0.6 is 12.6 Å². The van der Waals surface area contributed by atoms with Crippen LogP contribution in [0.4, 0.5) is 0 Å². The fourth-order valence-corrected chi connectivity index (χ4v) is 1.24. The van der Waals surface area contributed by atoms with E-state index in [4.69, 9.17) is 12.6 Å². The zero-order valence-electron chi connectivity index (χ0n) is 6.68. The molecule has 0 heterocycles. The van der Waals surface area contributed by atoms with E-state index >= 15 is 0 Å². The Morgan fingerprint density at radius 2 is 1.78 bits per heavy atom. The zero-order valence-corrected chi connectivity index (χ0v) is 7.50. The third-order valence-corrected chi connectivity index (χ3v) is 2.42. The SMILES string of the molecule is CCC(C)C(C)CC[S]. The molecule has 0 aromatic carbocycles. The highest BCUT2D eigenvalue weighted by molar-refractivity contribution is 7.80. The molecule has 2 atom stereocenters. The lowest BCUT2D eigenvalue weighted by molar-refractivity contribution is 0.370. The molecule has 0 aliphatic rings. The summed E-state index contributed by atoms with van der Waals surface area (Å²) in [5.41, 5.74) is 0. The molecule has 0 saturated heterocycles. The van der Waals surface area contributed by atoms with Crippen LogP contribution in [0, 0.1) is 11.8 Å². The second-order valence-electron chi connectivity index (χ2n) is 2.86. The third-order valence-electron chi connectivity index (χ3n) is 2.19. The zero-order chi connectivity index (χ0) is 7.28. The van der Waals surface area contributed by atoms with E-state index in [-0.39, 0.29) is 0 Å². The van der Waals surface area contributed by atoms with Crippen LogP contribution in [0.15, 0.2) is 0 Å². The molecule has 0 N–H and O–H groups in total. The summed E-state index contributed by atoms with van der Waals surface area (Å²) >= 11 is 4.90. The fraction of sp³-hybridized carbons (Fsp3) is 1.00. The van der Waals surface area contributed by atoms with Crippen molar-refractivity contribution < 1.29 is 0 Å². The molecule has 0 rings (SSSR count). The van der Waals surface area contributed by atoms with Gasteiger partial charge in [-0.05, 0) is 18.3 Å². The van der Waals surface area contributed by atoms with Gasteiger partial charge < -0.3 is 0 Å². The Balaban J connectivity index is 3.32. The summed E-state index contributed by atoms with van der Waals surface area (Å²) in [6.45, 7) is 6.83. The summed E-state index contributed by atoms with van der Waals surface area (Å²) in [7, 11) is 0. The molecule has 0 nitrogen and oxygen atoms in total. The van der Waals surface area contributed by atoms with Crippen molar-refractivity contribution in [1.29, 1.82) is 0 Å². The number of hydrogen-bond acceptors (Lipinski definition) is 0. The van der Waals surface area contributed by atoms with Crippen LogP contribution in [0.3, 0.4) is 0 Å². The minimum atomic E-state index is 0.826. The molecular weight excluding hydrogens is 128 g/mol. The van der Waals surface area contributed by atoms with Gasteiger partial charge in [-0.25, -0.2) is 0 Å². The molecule has 0 aliphatic heterocycles. The summed E-state index contributed by atoms with van der Waals surface area (Å²) in [6, 6.07) is 0. The van der Waals surface area contributed by atoms with Crippen molar-refractivity contribution in [2.75, 3.05) is 5.75 Å². The maximum atomic E-state index is 4.90. The Morgan fingerprint density at radius 1 is 1.22 bits per heavy atom. The highest BCUT2D eigenvalue weighted by Crippen LogP contribution is 2.17. The average Bonchev–Trinajstić information content (AvgIpc) is 1.87. The maximum absolute atomic E-state index is 4.90. The predicted octanol–water partition coefficient (Wildman–Crippen LogP) is 3.26. The summed E-state index contributed by atoms with van der Waals surface area (Å²) in [4.78, 5) is 0. The molecule has 0 aromatic rings. The first-order valence-electron chi connectivity index (χ1n) is 3.80. The molecule has 0 bridgehead atoms. The Kier molecular flexibility index (Phi) is 5.36. The van der Waals surface area contributed by atoms with Crippen molar-refractivity contribution in [3.8, 4) is 0 Å². The minimum absolute atomic E-state index is 0.826. The lowest BCUT2D eigenvalue weighted by Crippen LogP contribution is -2.06. The van der Waals surface area contributed by atoms with E-state index < -0.39 is 0 Å². The van der Waals surface area contributed by atoms with Gasteiger partial charge in [0.2, 0.25) is 0 Å². The normalized spacial score (nSPS) is 17.3. The van der Waals surface area contributed by atoms with E-state index in [9.17, 15) is 0 Å². The predicted molar refractivity (Wildman–Crippen MR) is 45.7 cm³/mol. The maximum Gasteiger partial charge on any atom is 0.00395 e. The van der Waals surface area contributed by atoms with Gasteiger partial charge in [-0.2, -0.15) is 0 Å². The van der Waals surface area contributed by atoms with Gasteiger partial charge in [0.15, 0.2) is 0 Å². The van der Waals surface area contributed by atoms with Crippen molar-refractivity contribution in [2.45, 2.75) is 33.6 Å². The molecule has 0 saturated carbocycles. The second-order valence-corrected chi connectivity index (χ2v) is 3.26. The average molecular weight is 145 g/mol. The Bertz CT molecular complexity index is 61.6. The molecule has 1 radical (unpaired) electrons. The standard InChI is InChI=1S/C8H17S/c1-4-7(2)8(3)5-6-9/h7-8H,4-6H2,1-3H3. The van der Waals surface area contributed by atoms with Gasteiger partial charge in [0, 0.05) is 5.75 Å². The van der Waals surface area contributed by atoms with E-state index in [1.165, 1.54) is 12.8 Å². The summed E-state index contributed by atoms with van der Waals surface area (Å²) < 4.78 is 0. The molecule has 0 aromatic heterocycles. The summed E-state index contributed by atoms with van der Waals surface area (Å²) in [5.74, 6) is 2.60. The third kappa shape index (κ3) is 3.85. The molecule has 0 fully saturated rings. The van der Waals surface area contributed by atoms with Gasteiger partial charge in [-0.15, -0.1) is 0 Å². The van der Waals surface area contributed by atoms with Crippen LogP contribution in [0.5, 0.6) is 0 Å². The second kappa shape index (κ2) is 5.16. The minimum Gasteiger partial charge on any atom is -0.0941 e. The smallest absolute Gasteiger partial charge is 0.00395 e. The molecule has 0 spiro atoms.